The van der Waals surface area contributed by atoms with Crippen molar-refractivity contribution in [1.82, 2.24) is 0 Å². The van der Waals surface area contributed by atoms with Crippen LogP contribution in [0.5, 0.6) is 0 Å². The third-order valence-electron chi connectivity index (χ3n) is 2.11. The van der Waals surface area contributed by atoms with E-state index in [9.17, 15) is 4.39 Å². The summed E-state index contributed by atoms with van der Waals surface area (Å²) in [7, 11) is 0. The van der Waals surface area contributed by atoms with E-state index in [1.54, 1.807) is 18.3 Å². The molecular weight excluding hydrogens is 213 g/mol. The minimum Gasteiger partial charge on any atom is -0.386 e. The van der Waals surface area contributed by atoms with E-state index >= 15 is 0 Å². The van der Waals surface area contributed by atoms with Crippen LogP contribution in [-0.4, -0.2) is 17.2 Å². The molecule has 0 amide bonds. The van der Waals surface area contributed by atoms with Crippen molar-refractivity contribution in [2.24, 2.45) is 15.7 Å². The number of nitrogens with two attached hydrogens (primary N) is 1. The highest BCUT2D eigenvalue weighted by Gasteiger charge is 2.17. The van der Waals surface area contributed by atoms with E-state index in [0.29, 0.717) is 5.84 Å². The highest BCUT2D eigenvalue weighted by atomic mass is 32.1. The summed E-state index contributed by atoms with van der Waals surface area (Å²) >= 11 is 4.78. The van der Waals surface area contributed by atoms with Crippen LogP contribution in [0.4, 0.5) is 4.39 Å². The predicted octanol–water partition coefficient (Wildman–Crippen LogP) is 1.64. The summed E-state index contributed by atoms with van der Waals surface area (Å²) in [6.45, 7) is 0. The normalized spacial score (nSPS) is 20.2. The highest BCUT2D eigenvalue weighted by molar-refractivity contribution is 7.80. The van der Waals surface area contributed by atoms with Crippen molar-refractivity contribution >= 4 is 29.4 Å². The smallest absolute Gasteiger partial charge is 0.220 e. The molecule has 0 spiro atoms. The van der Waals surface area contributed by atoms with Gasteiger partial charge in [0.05, 0.1) is 5.92 Å². The third kappa shape index (κ3) is 2.07. The molecule has 0 aromatic heterocycles. The SMILES string of the molecule is NC1=NC(=S)N=CC1c1ccc(F)cc1. The maximum Gasteiger partial charge on any atom is 0.220 e. The van der Waals surface area contributed by atoms with E-state index < -0.39 is 0 Å². The summed E-state index contributed by atoms with van der Waals surface area (Å²) in [5.41, 5.74) is 6.57. The standard InChI is InChI=1S/C10H8FN3S/c11-7-3-1-6(2-4-7)8-5-13-10(15)14-9(8)12/h1-5,8H,(H2,12,14,15). The first-order chi connectivity index (χ1) is 7.16. The van der Waals surface area contributed by atoms with Crippen LogP contribution in [-0.2, 0) is 0 Å². The number of nitrogens with zero attached hydrogens (tertiary/aromatic N) is 2. The van der Waals surface area contributed by atoms with Crippen molar-refractivity contribution in [1.29, 1.82) is 0 Å². The Bertz CT molecular complexity index is 450. The quantitative estimate of drug-likeness (QED) is 0.733. The molecule has 0 radical (unpaired) electrons. The number of rotatable bonds is 1. The predicted molar refractivity (Wildman–Crippen MR) is 61.9 cm³/mol. The molecule has 15 heavy (non-hydrogen) atoms. The Morgan fingerprint density at radius 2 is 1.93 bits per heavy atom. The number of amidine groups is 1. The fourth-order valence-corrected chi connectivity index (χ4v) is 1.52. The van der Waals surface area contributed by atoms with Gasteiger partial charge in [0.1, 0.15) is 11.7 Å². The van der Waals surface area contributed by atoms with Crippen molar-refractivity contribution in [3.63, 3.8) is 0 Å². The van der Waals surface area contributed by atoms with Crippen LogP contribution in [0, 0.1) is 5.82 Å². The Labute approximate surface area is 91.5 Å². The number of halogens is 1. The van der Waals surface area contributed by atoms with Crippen molar-refractivity contribution in [2.45, 2.75) is 5.92 Å². The minimum absolute atomic E-state index is 0.211. The Hall–Kier alpha value is -1.62. The van der Waals surface area contributed by atoms with E-state index in [1.165, 1.54) is 12.1 Å². The first kappa shape index (κ1) is 9.92. The molecule has 0 saturated heterocycles. The molecule has 1 heterocycles. The molecule has 1 unspecified atom stereocenters. The monoisotopic (exact) mass is 221 g/mol. The third-order valence-corrected chi connectivity index (χ3v) is 2.30. The molecule has 0 saturated carbocycles. The largest absolute Gasteiger partial charge is 0.386 e. The van der Waals surface area contributed by atoms with Gasteiger partial charge in [0.2, 0.25) is 5.11 Å². The lowest BCUT2D eigenvalue weighted by Gasteiger charge is -2.14. The maximum atomic E-state index is 12.7. The molecule has 5 heteroatoms. The van der Waals surface area contributed by atoms with Gasteiger partial charge < -0.3 is 5.73 Å². The lowest BCUT2D eigenvalue weighted by molar-refractivity contribution is 0.627. The van der Waals surface area contributed by atoms with Crippen LogP contribution >= 0.6 is 12.2 Å². The first-order valence-electron chi connectivity index (χ1n) is 4.34. The Balaban J connectivity index is 2.32. The van der Waals surface area contributed by atoms with Gasteiger partial charge in [-0.1, -0.05) is 12.1 Å². The molecule has 1 aliphatic heterocycles. The summed E-state index contributed by atoms with van der Waals surface area (Å²) in [4.78, 5) is 7.80. The van der Waals surface area contributed by atoms with Crippen molar-refractivity contribution < 1.29 is 4.39 Å². The zero-order valence-electron chi connectivity index (χ0n) is 7.72. The van der Waals surface area contributed by atoms with Gasteiger partial charge in [0.25, 0.3) is 0 Å². The second kappa shape index (κ2) is 3.86. The van der Waals surface area contributed by atoms with Gasteiger partial charge in [-0.3, -0.25) is 0 Å². The molecule has 3 nitrogen and oxygen atoms in total. The molecular formula is C10H8FN3S. The van der Waals surface area contributed by atoms with Crippen molar-refractivity contribution in [3.05, 3.63) is 35.6 Å². The van der Waals surface area contributed by atoms with Crippen LogP contribution in [0.25, 0.3) is 0 Å². The molecule has 1 atom stereocenters. The van der Waals surface area contributed by atoms with Crippen LogP contribution in [0.1, 0.15) is 11.5 Å². The summed E-state index contributed by atoms with van der Waals surface area (Å²) in [5, 5.41) is 0.228. The molecule has 2 N–H and O–H groups in total. The number of thiocarbonyl (C=S) groups is 1. The molecule has 1 aromatic carbocycles. The molecule has 76 valence electrons. The van der Waals surface area contributed by atoms with Crippen molar-refractivity contribution in [3.8, 4) is 0 Å². The first-order valence-corrected chi connectivity index (χ1v) is 4.75. The van der Waals surface area contributed by atoms with E-state index in [0.717, 1.165) is 5.56 Å². The summed E-state index contributed by atoms with van der Waals surface area (Å²) in [6, 6.07) is 6.07. The molecule has 2 rings (SSSR count). The molecule has 1 aliphatic rings. The van der Waals surface area contributed by atoms with Crippen LogP contribution in [0.2, 0.25) is 0 Å². The second-order valence-electron chi connectivity index (χ2n) is 3.13. The summed E-state index contributed by atoms with van der Waals surface area (Å²) in [5.74, 6) is -0.101. The van der Waals surface area contributed by atoms with E-state index in [-0.39, 0.29) is 16.8 Å². The molecule has 0 fully saturated rings. The average Bonchev–Trinajstić information content (AvgIpc) is 2.20. The van der Waals surface area contributed by atoms with E-state index in [1.807, 2.05) is 0 Å². The lowest BCUT2D eigenvalue weighted by Crippen LogP contribution is -2.27. The maximum absolute atomic E-state index is 12.7. The Morgan fingerprint density at radius 1 is 1.27 bits per heavy atom. The fourth-order valence-electron chi connectivity index (χ4n) is 1.35. The zero-order valence-corrected chi connectivity index (χ0v) is 8.54. The van der Waals surface area contributed by atoms with Crippen LogP contribution in [0.15, 0.2) is 34.3 Å². The number of hydrogen-bond acceptors (Lipinski definition) is 2. The Kier molecular flexibility index (Phi) is 2.55. The highest BCUT2D eigenvalue weighted by Crippen LogP contribution is 2.17. The second-order valence-corrected chi connectivity index (χ2v) is 3.49. The summed E-state index contributed by atoms with van der Waals surface area (Å²) < 4.78 is 12.7. The van der Waals surface area contributed by atoms with Crippen LogP contribution < -0.4 is 5.73 Å². The van der Waals surface area contributed by atoms with Gasteiger partial charge in [-0.05, 0) is 29.9 Å². The van der Waals surface area contributed by atoms with E-state index in [2.05, 4.69) is 9.98 Å². The molecule has 0 aliphatic carbocycles. The fraction of sp³-hybridized carbons (Fsp3) is 0.100. The van der Waals surface area contributed by atoms with E-state index in [4.69, 9.17) is 18.0 Å². The average molecular weight is 221 g/mol. The van der Waals surface area contributed by atoms with Crippen LogP contribution in [0.3, 0.4) is 0 Å². The van der Waals surface area contributed by atoms with Crippen molar-refractivity contribution in [2.75, 3.05) is 0 Å². The minimum atomic E-state index is -0.280. The summed E-state index contributed by atoms with van der Waals surface area (Å²) in [6.07, 6.45) is 1.62. The van der Waals surface area contributed by atoms with Gasteiger partial charge >= 0.3 is 0 Å². The van der Waals surface area contributed by atoms with Gasteiger partial charge in [-0.2, -0.15) is 0 Å². The van der Waals surface area contributed by atoms with Gasteiger partial charge in [0, 0.05) is 6.21 Å². The lowest BCUT2D eigenvalue weighted by atomic mass is 9.99. The Morgan fingerprint density at radius 3 is 2.53 bits per heavy atom. The van der Waals surface area contributed by atoms with Gasteiger partial charge in [0.15, 0.2) is 0 Å². The number of aliphatic imine (C=N–C) groups is 2. The zero-order chi connectivity index (χ0) is 10.8. The molecule has 1 aromatic rings. The topological polar surface area (TPSA) is 50.7 Å². The number of hydrogen-bond donors (Lipinski definition) is 1. The number of benzene rings is 1. The van der Waals surface area contributed by atoms with Gasteiger partial charge in [-0.15, -0.1) is 0 Å². The van der Waals surface area contributed by atoms with Gasteiger partial charge in [-0.25, -0.2) is 14.4 Å². The molecule has 0 bridgehead atoms.